The van der Waals surface area contributed by atoms with Gasteiger partial charge in [0.1, 0.15) is 12.0 Å². The Morgan fingerprint density at radius 1 is 1.67 bits per heavy atom. The topological polar surface area (TPSA) is 90.4 Å². The molecule has 1 aliphatic heterocycles. The molecule has 6 heteroatoms. The molecule has 18 heavy (non-hydrogen) atoms. The average molecular weight is 251 g/mol. The lowest BCUT2D eigenvalue weighted by Crippen LogP contribution is -2.28. The van der Waals surface area contributed by atoms with Gasteiger partial charge >= 0.3 is 5.69 Å². The second kappa shape index (κ2) is 5.32. The van der Waals surface area contributed by atoms with Crippen molar-refractivity contribution in [2.75, 3.05) is 12.3 Å². The molecule has 0 aromatic carbocycles. The molecule has 1 aliphatic rings. The Morgan fingerprint density at radius 3 is 3.06 bits per heavy atom. The molecule has 1 aromatic heterocycles. The van der Waals surface area contributed by atoms with Gasteiger partial charge in [-0.2, -0.15) is 4.98 Å². The number of ether oxygens (including phenoxy) is 1. The summed E-state index contributed by atoms with van der Waals surface area (Å²) >= 11 is 0. The molecule has 2 rings (SSSR count). The lowest BCUT2D eigenvalue weighted by Gasteiger charge is -2.15. The minimum absolute atomic E-state index is 0.0324. The Kier molecular flexibility index (Phi) is 3.78. The first kappa shape index (κ1) is 12.8. The van der Waals surface area contributed by atoms with E-state index >= 15 is 0 Å². The highest BCUT2D eigenvalue weighted by Gasteiger charge is 2.27. The number of nitrogen functional groups attached to an aromatic ring is 1. The molecule has 1 aromatic rings. The molecule has 98 valence electrons. The molecule has 0 bridgehead atoms. The molecule has 3 N–H and O–H groups in total. The zero-order valence-electron chi connectivity index (χ0n) is 10.2. The smallest absolute Gasteiger partial charge is 0.351 e. The summed E-state index contributed by atoms with van der Waals surface area (Å²) in [6.07, 6.45) is 6.11. The van der Waals surface area contributed by atoms with E-state index in [1.165, 1.54) is 4.57 Å². The van der Waals surface area contributed by atoms with Crippen molar-refractivity contribution < 1.29 is 9.84 Å². The van der Waals surface area contributed by atoms with E-state index < -0.39 is 5.69 Å². The first-order chi connectivity index (χ1) is 8.65. The Balaban J connectivity index is 2.33. The minimum atomic E-state index is -0.427. The molecule has 0 spiro atoms. The van der Waals surface area contributed by atoms with Crippen LogP contribution in [0.25, 0.3) is 6.08 Å². The van der Waals surface area contributed by atoms with E-state index in [9.17, 15) is 4.79 Å². The second-order valence-corrected chi connectivity index (χ2v) is 4.24. The number of aliphatic hydroxyl groups is 1. The van der Waals surface area contributed by atoms with E-state index in [2.05, 4.69) is 4.98 Å². The summed E-state index contributed by atoms with van der Waals surface area (Å²) < 4.78 is 6.99. The van der Waals surface area contributed by atoms with Crippen molar-refractivity contribution >= 4 is 11.9 Å². The van der Waals surface area contributed by atoms with E-state index in [0.29, 0.717) is 12.0 Å². The zero-order chi connectivity index (χ0) is 13.1. The fourth-order valence-electron chi connectivity index (χ4n) is 2.04. The highest BCUT2D eigenvalue weighted by atomic mass is 16.5. The number of anilines is 1. The molecule has 0 radical (unpaired) electrons. The fraction of sp³-hybridized carbons (Fsp3) is 0.500. The largest absolute Gasteiger partial charge is 0.394 e. The normalized spacial score (nSPS) is 23.9. The molecule has 0 unspecified atom stereocenters. The van der Waals surface area contributed by atoms with Gasteiger partial charge in [-0.3, -0.25) is 4.57 Å². The van der Waals surface area contributed by atoms with Gasteiger partial charge in [0.25, 0.3) is 0 Å². The maximum atomic E-state index is 11.8. The average Bonchev–Trinajstić information content (AvgIpc) is 2.81. The lowest BCUT2D eigenvalue weighted by molar-refractivity contribution is -0.0245. The molecule has 0 aliphatic carbocycles. The van der Waals surface area contributed by atoms with Gasteiger partial charge in [0.05, 0.1) is 12.7 Å². The number of hydrogen-bond acceptors (Lipinski definition) is 5. The van der Waals surface area contributed by atoms with Crippen molar-refractivity contribution in [2.45, 2.75) is 32.1 Å². The molecular formula is C12H17N3O3. The van der Waals surface area contributed by atoms with Crippen molar-refractivity contribution in [3.63, 3.8) is 0 Å². The van der Waals surface area contributed by atoms with E-state index in [0.717, 1.165) is 6.42 Å². The number of aromatic nitrogens is 2. The number of allylic oxidation sites excluding steroid dienone is 1. The summed E-state index contributed by atoms with van der Waals surface area (Å²) in [7, 11) is 0. The lowest BCUT2D eigenvalue weighted by atomic mass is 10.2. The first-order valence-electron chi connectivity index (χ1n) is 5.93. The molecular weight excluding hydrogens is 234 g/mol. The molecule has 1 saturated heterocycles. The van der Waals surface area contributed by atoms with Gasteiger partial charge in [-0.15, -0.1) is 0 Å². The predicted octanol–water partition coefficient (Wildman–Crippen LogP) is 0.528. The summed E-state index contributed by atoms with van der Waals surface area (Å²) in [4.78, 5) is 15.6. The van der Waals surface area contributed by atoms with E-state index in [4.69, 9.17) is 15.6 Å². The van der Waals surface area contributed by atoms with Crippen LogP contribution in [0.3, 0.4) is 0 Å². The molecule has 0 amide bonds. The van der Waals surface area contributed by atoms with Crippen LogP contribution >= 0.6 is 0 Å². The Morgan fingerprint density at radius 2 is 2.44 bits per heavy atom. The van der Waals surface area contributed by atoms with Crippen molar-refractivity contribution in [2.24, 2.45) is 0 Å². The number of rotatable bonds is 3. The molecule has 6 nitrogen and oxygen atoms in total. The van der Waals surface area contributed by atoms with Crippen LogP contribution < -0.4 is 11.4 Å². The summed E-state index contributed by atoms with van der Waals surface area (Å²) in [6, 6.07) is 0. The van der Waals surface area contributed by atoms with Gasteiger partial charge < -0.3 is 15.6 Å². The van der Waals surface area contributed by atoms with E-state index in [1.54, 1.807) is 12.3 Å². The van der Waals surface area contributed by atoms with Crippen LogP contribution in [0.2, 0.25) is 0 Å². The van der Waals surface area contributed by atoms with Crippen molar-refractivity contribution in [3.8, 4) is 0 Å². The molecule has 2 atom stereocenters. The van der Waals surface area contributed by atoms with Crippen LogP contribution in [0.4, 0.5) is 5.82 Å². The third-order valence-electron chi connectivity index (χ3n) is 2.96. The monoisotopic (exact) mass is 251 g/mol. The van der Waals surface area contributed by atoms with Crippen LogP contribution in [0.1, 0.15) is 31.6 Å². The third-order valence-corrected chi connectivity index (χ3v) is 2.96. The zero-order valence-corrected chi connectivity index (χ0v) is 10.2. The molecule has 2 heterocycles. The van der Waals surface area contributed by atoms with Gasteiger partial charge in [0, 0.05) is 11.8 Å². The Bertz CT molecular complexity index is 510. The minimum Gasteiger partial charge on any atom is -0.394 e. The van der Waals surface area contributed by atoms with Crippen molar-refractivity contribution in [3.05, 3.63) is 28.3 Å². The molecule has 0 saturated carbocycles. The number of nitrogens with two attached hydrogens (primary N) is 1. The maximum Gasteiger partial charge on any atom is 0.351 e. The SMILES string of the molecule is CC=Cc1cn([C@H]2CC[C@@H](CO)O2)c(=O)nc1N. The van der Waals surface area contributed by atoms with Crippen molar-refractivity contribution in [1.82, 2.24) is 9.55 Å². The van der Waals surface area contributed by atoms with Crippen LogP contribution in [0.15, 0.2) is 17.1 Å². The van der Waals surface area contributed by atoms with Crippen molar-refractivity contribution in [1.29, 1.82) is 0 Å². The van der Waals surface area contributed by atoms with Crippen LogP contribution in [-0.4, -0.2) is 27.4 Å². The number of hydrogen-bond donors (Lipinski definition) is 2. The summed E-state index contributed by atoms with van der Waals surface area (Å²) in [5, 5.41) is 9.02. The summed E-state index contributed by atoms with van der Waals surface area (Å²) in [6.45, 7) is 1.83. The summed E-state index contributed by atoms with van der Waals surface area (Å²) in [5.41, 5.74) is 5.93. The van der Waals surface area contributed by atoms with Gasteiger partial charge in [0.15, 0.2) is 0 Å². The Labute approximate surface area is 105 Å². The second-order valence-electron chi connectivity index (χ2n) is 4.24. The number of nitrogens with zero attached hydrogens (tertiary/aromatic N) is 2. The maximum absolute atomic E-state index is 11.8. The fourth-order valence-corrected chi connectivity index (χ4v) is 2.04. The van der Waals surface area contributed by atoms with E-state index in [-0.39, 0.29) is 24.8 Å². The third kappa shape index (κ3) is 2.44. The van der Waals surface area contributed by atoms with Gasteiger partial charge in [0.2, 0.25) is 0 Å². The number of aliphatic hydroxyl groups excluding tert-OH is 1. The van der Waals surface area contributed by atoms with Crippen LogP contribution in [0, 0.1) is 0 Å². The van der Waals surface area contributed by atoms with E-state index in [1.807, 2.05) is 13.0 Å². The molecule has 1 fully saturated rings. The quantitative estimate of drug-likeness (QED) is 0.817. The van der Waals surface area contributed by atoms with Gasteiger partial charge in [-0.05, 0) is 19.8 Å². The first-order valence-corrected chi connectivity index (χ1v) is 5.93. The standard InChI is InChI=1S/C12H17N3O3/c1-2-3-8-6-15(12(17)14-11(8)13)10-5-4-9(7-16)18-10/h2-3,6,9-10,16H,4-5,7H2,1H3,(H2,13,14,17)/t9-,10+/m0/s1. The summed E-state index contributed by atoms with van der Waals surface area (Å²) in [5.74, 6) is 0.214. The van der Waals surface area contributed by atoms with Crippen LogP contribution in [0.5, 0.6) is 0 Å². The van der Waals surface area contributed by atoms with Gasteiger partial charge in [-0.1, -0.05) is 12.2 Å². The Hall–Kier alpha value is -1.66. The highest BCUT2D eigenvalue weighted by molar-refractivity contribution is 5.59. The predicted molar refractivity (Wildman–Crippen MR) is 67.8 cm³/mol. The van der Waals surface area contributed by atoms with Gasteiger partial charge in [-0.25, -0.2) is 4.79 Å². The highest BCUT2D eigenvalue weighted by Crippen LogP contribution is 2.27. The van der Waals surface area contributed by atoms with Crippen LogP contribution in [-0.2, 0) is 4.74 Å².